The van der Waals surface area contributed by atoms with Crippen molar-refractivity contribution in [2.24, 2.45) is 0 Å². The Morgan fingerprint density at radius 2 is 2.24 bits per heavy atom. The number of aromatic nitrogens is 2. The largest absolute Gasteiger partial charge is 0.394 e. The first-order valence-electron chi connectivity index (χ1n) is 5.98. The molecule has 0 aliphatic carbocycles. The summed E-state index contributed by atoms with van der Waals surface area (Å²) in [6.45, 7) is 6.86. The highest BCUT2D eigenvalue weighted by Gasteiger charge is 2.21. The normalized spacial score (nSPS) is 16.8. The minimum absolute atomic E-state index is 0.102. The van der Waals surface area contributed by atoms with Gasteiger partial charge in [-0.1, -0.05) is 0 Å². The van der Waals surface area contributed by atoms with Crippen molar-refractivity contribution < 1.29 is 4.79 Å². The first-order chi connectivity index (χ1) is 8.13. The van der Waals surface area contributed by atoms with E-state index in [1.807, 2.05) is 18.5 Å². The fraction of sp³-hybridized carbons (Fsp3) is 0.636. The predicted molar refractivity (Wildman–Crippen MR) is 66.9 cm³/mol. The van der Waals surface area contributed by atoms with Crippen molar-refractivity contribution in [3.8, 4) is 0 Å². The van der Waals surface area contributed by atoms with Gasteiger partial charge in [-0.3, -0.25) is 4.79 Å². The van der Waals surface area contributed by atoms with Crippen molar-refractivity contribution >= 4 is 17.4 Å². The molecule has 1 saturated heterocycles. The maximum atomic E-state index is 11.3. The minimum atomic E-state index is 0.102. The van der Waals surface area contributed by atoms with Crippen molar-refractivity contribution in [1.82, 2.24) is 15.1 Å². The Morgan fingerprint density at radius 1 is 1.47 bits per heavy atom. The zero-order valence-electron chi connectivity index (χ0n) is 10.4. The number of nitrogens with two attached hydrogens (primary N) is 1. The summed E-state index contributed by atoms with van der Waals surface area (Å²) in [4.78, 5) is 13.4. The Morgan fingerprint density at radius 3 is 2.94 bits per heavy atom. The van der Waals surface area contributed by atoms with Gasteiger partial charge in [-0.2, -0.15) is 5.10 Å². The molecule has 2 heterocycles. The zero-order valence-corrected chi connectivity index (χ0v) is 10.4. The number of carbonyl (C=O) groups is 1. The van der Waals surface area contributed by atoms with Crippen LogP contribution in [-0.4, -0.2) is 35.3 Å². The number of anilines is 2. The van der Waals surface area contributed by atoms with Gasteiger partial charge in [-0.15, -0.1) is 0 Å². The predicted octanol–water partition coefficient (Wildman–Crippen LogP) is 0.120. The molecule has 0 unspecified atom stereocenters. The van der Waals surface area contributed by atoms with E-state index in [9.17, 15) is 4.79 Å². The summed E-state index contributed by atoms with van der Waals surface area (Å²) in [7, 11) is 0. The molecule has 0 atom stereocenters. The number of nitrogens with zero attached hydrogens (tertiary/aromatic N) is 3. The van der Waals surface area contributed by atoms with E-state index < -0.39 is 0 Å². The van der Waals surface area contributed by atoms with Crippen LogP contribution in [0.3, 0.4) is 0 Å². The third-order valence-electron chi connectivity index (χ3n) is 3.06. The molecular weight excluding hydrogens is 218 g/mol. The van der Waals surface area contributed by atoms with Crippen LogP contribution in [0.1, 0.15) is 19.0 Å². The molecule has 17 heavy (non-hydrogen) atoms. The van der Waals surface area contributed by atoms with Crippen LogP contribution in [0.5, 0.6) is 0 Å². The lowest BCUT2D eigenvalue weighted by Crippen LogP contribution is -2.30. The Kier molecular flexibility index (Phi) is 3.21. The molecule has 1 aliphatic rings. The maximum absolute atomic E-state index is 11.3. The van der Waals surface area contributed by atoms with Gasteiger partial charge in [0.25, 0.3) is 0 Å². The van der Waals surface area contributed by atoms with Crippen LogP contribution in [0, 0.1) is 6.92 Å². The lowest BCUT2D eigenvalue weighted by molar-refractivity contribution is -0.120. The van der Waals surface area contributed by atoms with E-state index in [0.29, 0.717) is 19.5 Å². The molecule has 0 spiro atoms. The van der Waals surface area contributed by atoms with E-state index in [1.165, 1.54) is 0 Å². The molecule has 6 heteroatoms. The number of carbonyl (C=O) groups excluding carboxylic acids is 1. The van der Waals surface area contributed by atoms with Crippen LogP contribution in [-0.2, 0) is 11.3 Å². The van der Waals surface area contributed by atoms with Gasteiger partial charge in [0.1, 0.15) is 0 Å². The second-order valence-corrected chi connectivity index (χ2v) is 4.23. The van der Waals surface area contributed by atoms with E-state index in [4.69, 9.17) is 5.73 Å². The minimum Gasteiger partial charge on any atom is -0.394 e. The summed E-state index contributed by atoms with van der Waals surface area (Å²) < 4.78 is 1.90. The van der Waals surface area contributed by atoms with Crippen molar-refractivity contribution in [2.45, 2.75) is 26.8 Å². The fourth-order valence-electron chi connectivity index (χ4n) is 2.12. The maximum Gasteiger partial charge on any atom is 0.221 e. The van der Waals surface area contributed by atoms with Crippen LogP contribution < -0.4 is 16.0 Å². The van der Waals surface area contributed by atoms with Gasteiger partial charge < -0.3 is 16.0 Å². The number of amides is 1. The Hall–Kier alpha value is -1.72. The van der Waals surface area contributed by atoms with Crippen LogP contribution in [0.25, 0.3) is 0 Å². The molecule has 6 nitrogen and oxygen atoms in total. The molecular formula is C11H19N5O. The average molecular weight is 237 g/mol. The van der Waals surface area contributed by atoms with Crippen molar-refractivity contribution in [2.75, 3.05) is 30.3 Å². The number of nitrogen functional groups attached to an aromatic ring is 1. The van der Waals surface area contributed by atoms with E-state index in [2.05, 4.69) is 15.3 Å². The standard InChI is InChI=1S/C11H19N5O/c1-3-16-11(10(12)8(2)14-16)15-6-4-9(17)13-5-7-15/h3-7,12H2,1-2H3,(H,13,17). The SMILES string of the molecule is CCn1nc(C)c(N)c1N1CCNC(=O)CC1. The molecule has 94 valence electrons. The van der Waals surface area contributed by atoms with Gasteiger partial charge >= 0.3 is 0 Å². The lowest BCUT2D eigenvalue weighted by Gasteiger charge is -2.23. The Balaban J connectivity index is 2.29. The van der Waals surface area contributed by atoms with Crippen LogP contribution >= 0.6 is 0 Å². The second-order valence-electron chi connectivity index (χ2n) is 4.23. The number of hydrogen-bond acceptors (Lipinski definition) is 4. The molecule has 0 saturated carbocycles. The van der Waals surface area contributed by atoms with Gasteiger partial charge in [0, 0.05) is 32.6 Å². The average Bonchev–Trinajstić information content (AvgIpc) is 2.49. The van der Waals surface area contributed by atoms with Crippen LogP contribution in [0.2, 0.25) is 0 Å². The summed E-state index contributed by atoms with van der Waals surface area (Å²) in [6, 6.07) is 0. The third kappa shape index (κ3) is 2.20. The summed E-state index contributed by atoms with van der Waals surface area (Å²) in [5.74, 6) is 1.05. The van der Waals surface area contributed by atoms with Crippen LogP contribution in [0.4, 0.5) is 11.5 Å². The summed E-state index contributed by atoms with van der Waals surface area (Å²) in [5, 5.41) is 7.26. The van der Waals surface area contributed by atoms with Crippen molar-refractivity contribution in [1.29, 1.82) is 0 Å². The highest BCUT2D eigenvalue weighted by Crippen LogP contribution is 2.26. The molecule has 1 amide bonds. The molecule has 0 aromatic carbocycles. The second kappa shape index (κ2) is 4.65. The first-order valence-corrected chi connectivity index (χ1v) is 5.98. The van der Waals surface area contributed by atoms with Gasteiger partial charge in [0.15, 0.2) is 5.82 Å². The van der Waals surface area contributed by atoms with Gasteiger partial charge in [-0.05, 0) is 13.8 Å². The van der Waals surface area contributed by atoms with Gasteiger partial charge in [0.2, 0.25) is 5.91 Å². The molecule has 1 aromatic rings. The van der Waals surface area contributed by atoms with Gasteiger partial charge in [-0.25, -0.2) is 4.68 Å². The number of nitrogens with one attached hydrogen (secondary N) is 1. The number of hydrogen-bond donors (Lipinski definition) is 2. The highest BCUT2D eigenvalue weighted by molar-refractivity contribution is 5.77. The molecule has 1 fully saturated rings. The fourth-order valence-corrected chi connectivity index (χ4v) is 2.12. The third-order valence-corrected chi connectivity index (χ3v) is 3.06. The molecule has 0 bridgehead atoms. The highest BCUT2D eigenvalue weighted by atomic mass is 16.1. The van der Waals surface area contributed by atoms with E-state index >= 15 is 0 Å². The zero-order chi connectivity index (χ0) is 12.4. The topological polar surface area (TPSA) is 76.2 Å². The quantitative estimate of drug-likeness (QED) is 0.766. The van der Waals surface area contributed by atoms with Gasteiger partial charge in [0.05, 0.1) is 11.4 Å². The Labute approximate surface area is 101 Å². The van der Waals surface area contributed by atoms with Crippen molar-refractivity contribution in [3.63, 3.8) is 0 Å². The van der Waals surface area contributed by atoms with Crippen LogP contribution in [0.15, 0.2) is 0 Å². The summed E-state index contributed by atoms with van der Waals surface area (Å²) >= 11 is 0. The first kappa shape index (κ1) is 11.8. The Bertz CT molecular complexity index is 426. The van der Waals surface area contributed by atoms with Crippen molar-refractivity contribution in [3.05, 3.63) is 5.69 Å². The molecule has 1 aromatic heterocycles. The molecule has 3 N–H and O–H groups in total. The molecule has 0 radical (unpaired) electrons. The lowest BCUT2D eigenvalue weighted by atomic mass is 10.3. The van der Waals surface area contributed by atoms with E-state index in [0.717, 1.165) is 30.3 Å². The summed E-state index contributed by atoms with van der Waals surface area (Å²) in [5.41, 5.74) is 7.64. The number of rotatable bonds is 2. The molecule has 2 rings (SSSR count). The monoisotopic (exact) mass is 237 g/mol. The molecule has 1 aliphatic heterocycles. The van der Waals surface area contributed by atoms with E-state index in [-0.39, 0.29) is 5.91 Å². The summed E-state index contributed by atoms with van der Waals surface area (Å²) in [6.07, 6.45) is 0.507. The number of aryl methyl sites for hydroxylation is 2. The smallest absolute Gasteiger partial charge is 0.221 e. The van der Waals surface area contributed by atoms with E-state index in [1.54, 1.807) is 0 Å².